The van der Waals surface area contributed by atoms with Gasteiger partial charge in [0.15, 0.2) is 6.29 Å². The van der Waals surface area contributed by atoms with Crippen molar-refractivity contribution in [1.82, 2.24) is 0 Å². The summed E-state index contributed by atoms with van der Waals surface area (Å²) in [4.78, 5) is 22.1. The molecule has 8 nitrogen and oxygen atoms in total. The molecule has 154 valence electrons. The maximum absolute atomic E-state index is 11.7. The van der Waals surface area contributed by atoms with E-state index in [1.165, 1.54) is 0 Å². The summed E-state index contributed by atoms with van der Waals surface area (Å²) in [5.41, 5.74) is 0. The normalized spacial score (nSPS) is 11.0. The lowest BCUT2D eigenvalue weighted by atomic mass is 10.2. The number of carboxylic acid groups (broad SMARTS) is 1. The van der Waals surface area contributed by atoms with Gasteiger partial charge in [0.2, 0.25) is 0 Å². The third kappa shape index (κ3) is 17.6. The minimum absolute atomic E-state index is 0.0146. The number of hydrogen-bond acceptors (Lipinski definition) is 7. The molecule has 0 aliphatic rings. The van der Waals surface area contributed by atoms with Crippen LogP contribution >= 0.6 is 0 Å². The van der Waals surface area contributed by atoms with Crippen LogP contribution in [0.5, 0.6) is 0 Å². The zero-order chi connectivity index (χ0) is 19.5. The summed E-state index contributed by atoms with van der Waals surface area (Å²) < 4.78 is 26.9. The Morgan fingerprint density at radius 3 is 1.85 bits per heavy atom. The van der Waals surface area contributed by atoms with Crippen LogP contribution in [-0.2, 0) is 33.3 Å². The zero-order valence-electron chi connectivity index (χ0n) is 16.1. The average Bonchev–Trinajstić information content (AvgIpc) is 2.62. The maximum Gasteiger partial charge on any atom is 0.305 e. The van der Waals surface area contributed by atoms with E-state index in [1.54, 1.807) is 0 Å². The summed E-state index contributed by atoms with van der Waals surface area (Å²) >= 11 is 0. The number of aliphatic carboxylic acids is 1. The standard InChI is InChI=1S/C18H34O8/c1-3-9-22-11-13-24-18(25-14-12-23-10-4-2)15-26-17(21)8-6-5-7-16(19)20/h18H,3-15H2,1-2H3,(H,19,20). The first-order valence-electron chi connectivity index (χ1n) is 9.36. The van der Waals surface area contributed by atoms with E-state index in [0.29, 0.717) is 52.5 Å². The van der Waals surface area contributed by atoms with E-state index in [-0.39, 0.29) is 19.4 Å². The predicted molar refractivity (Wildman–Crippen MR) is 95.0 cm³/mol. The molecule has 0 unspecified atom stereocenters. The second kappa shape index (κ2) is 18.6. The topological polar surface area (TPSA) is 101 Å². The molecule has 0 radical (unpaired) electrons. The van der Waals surface area contributed by atoms with Crippen LogP contribution < -0.4 is 0 Å². The molecule has 0 amide bonds. The van der Waals surface area contributed by atoms with Gasteiger partial charge in [0.05, 0.1) is 26.4 Å². The second-order valence-electron chi connectivity index (χ2n) is 5.68. The molecule has 0 heterocycles. The first-order valence-corrected chi connectivity index (χ1v) is 9.36. The van der Waals surface area contributed by atoms with Crippen molar-refractivity contribution in [2.24, 2.45) is 0 Å². The minimum Gasteiger partial charge on any atom is -0.481 e. The van der Waals surface area contributed by atoms with Crippen molar-refractivity contribution in [3.05, 3.63) is 0 Å². The minimum atomic E-state index is -0.865. The highest BCUT2D eigenvalue weighted by molar-refractivity contribution is 5.69. The molecular weight excluding hydrogens is 344 g/mol. The van der Waals surface area contributed by atoms with Gasteiger partial charge in [-0.3, -0.25) is 9.59 Å². The summed E-state index contributed by atoms with van der Waals surface area (Å²) in [6.45, 7) is 6.97. The van der Waals surface area contributed by atoms with Crippen LogP contribution in [-0.4, -0.2) is 69.6 Å². The first kappa shape index (κ1) is 24.8. The molecule has 0 rings (SSSR count). The van der Waals surface area contributed by atoms with E-state index in [9.17, 15) is 9.59 Å². The van der Waals surface area contributed by atoms with Crippen molar-refractivity contribution in [2.45, 2.75) is 58.7 Å². The van der Waals surface area contributed by atoms with Crippen molar-refractivity contribution >= 4 is 11.9 Å². The fraction of sp³-hybridized carbons (Fsp3) is 0.889. The van der Waals surface area contributed by atoms with Crippen LogP contribution in [0.15, 0.2) is 0 Å². The molecule has 26 heavy (non-hydrogen) atoms. The van der Waals surface area contributed by atoms with Crippen LogP contribution in [0.4, 0.5) is 0 Å². The molecule has 0 fully saturated rings. The van der Waals surface area contributed by atoms with E-state index in [0.717, 1.165) is 12.8 Å². The van der Waals surface area contributed by atoms with Crippen LogP contribution in [0.25, 0.3) is 0 Å². The lowest BCUT2D eigenvalue weighted by Gasteiger charge is -2.18. The van der Waals surface area contributed by atoms with Gasteiger partial charge in [-0.1, -0.05) is 13.8 Å². The van der Waals surface area contributed by atoms with Crippen LogP contribution in [0.2, 0.25) is 0 Å². The Morgan fingerprint density at radius 1 is 0.808 bits per heavy atom. The lowest BCUT2D eigenvalue weighted by Crippen LogP contribution is -2.28. The van der Waals surface area contributed by atoms with E-state index in [1.807, 2.05) is 13.8 Å². The lowest BCUT2D eigenvalue weighted by molar-refractivity contribution is -0.190. The number of carbonyl (C=O) groups is 2. The Labute approximate surface area is 156 Å². The fourth-order valence-corrected chi connectivity index (χ4v) is 1.89. The number of carbonyl (C=O) groups excluding carboxylic acids is 1. The number of unbranched alkanes of at least 4 members (excludes halogenated alkanes) is 1. The Balaban J connectivity index is 3.98. The highest BCUT2D eigenvalue weighted by atomic mass is 16.7. The Hall–Kier alpha value is -1.22. The van der Waals surface area contributed by atoms with Gasteiger partial charge in [-0.15, -0.1) is 0 Å². The molecule has 1 N–H and O–H groups in total. The molecule has 0 aliphatic heterocycles. The van der Waals surface area contributed by atoms with Gasteiger partial charge in [0, 0.05) is 26.1 Å². The third-order valence-corrected chi connectivity index (χ3v) is 3.16. The molecule has 0 spiro atoms. The van der Waals surface area contributed by atoms with Crippen molar-refractivity contribution in [3.8, 4) is 0 Å². The van der Waals surface area contributed by atoms with Gasteiger partial charge in [0.1, 0.15) is 6.61 Å². The highest BCUT2D eigenvalue weighted by Gasteiger charge is 2.13. The SMILES string of the molecule is CCCOCCOC(COC(=O)CCCCC(=O)O)OCCOCCC. The summed E-state index contributed by atoms with van der Waals surface area (Å²) in [5, 5.41) is 8.56. The summed E-state index contributed by atoms with van der Waals surface area (Å²) in [6.07, 6.45) is 2.37. The Kier molecular flexibility index (Phi) is 17.7. The van der Waals surface area contributed by atoms with Crippen LogP contribution in [0.1, 0.15) is 52.4 Å². The predicted octanol–water partition coefficient (Wildman–Crippen LogP) is 2.39. The molecule has 0 aromatic carbocycles. The third-order valence-electron chi connectivity index (χ3n) is 3.16. The van der Waals surface area contributed by atoms with Gasteiger partial charge in [0.25, 0.3) is 0 Å². The highest BCUT2D eigenvalue weighted by Crippen LogP contribution is 2.04. The molecule has 0 atom stereocenters. The largest absolute Gasteiger partial charge is 0.481 e. The number of rotatable bonds is 19. The Morgan fingerprint density at radius 2 is 1.35 bits per heavy atom. The van der Waals surface area contributed by atoms with Gasteiger partial charge in [-0.25, -0.2) is 0 Å². The van der Waals surface area contributed by atoms with E-state index in [4.69, 9.17) is 28.8 Å². The van der Waals surface area contributed by atoms with Crippen molar-refractivity contribution < 1.29 is 38.4 Å². The summed E-state index contributed by atoms with van der Waals surface area (Å²) in [7, 11) is 0. The van der Waals surface area contributed by atoms with Gasteiger partial charge in [-0.05, 0) is 25.7 Å². The van der Waals surface area contributed by atoms with E-state index in [2.05, 4.69) is 0 Å². The number of esters is 1. The molecule has 0 saturated carbocycles. The van der Waals surface area contributed by atoms with Crippen molar-refractivity contribution in [1.29, 1.82) is 0 Å². The molecule has 8 heteroatoms. The van der Waals surface area contributed by atoms with E-state index >= 15 is 0 Å². The van der Waals surface area contributed by atoms with Crippen molar-refractivity contribution in [2.75, 3.05) is 46.2 Å². The number of carboxylic acids is 1. The number of ether oxygens (including phenoxy) is 5. The van der Waals surface area contributed by atoms with Crippen molar-refractivity contribution in [3.63, 3.8) is 0 Å². The number of hydrogen-bond donors (Lipinski definition) is 1. The van der Waals surface area contributed by atoms with E-state index < -0.39 is 18.2 Å². The fourth-order valence-electron chi connectivity index (χ4n) is 1.89. The summed E-state index contributed by atoms with van der Waals surface area (Å²) in [5.74, 6) is -1.26. The maximum atomic E-state index is 11.7. The Bertz CT molecular complexity index is 334. The average molecular weight is 378 g/mol. The zero-order valence-corrected chi connectivity index (χ0v) is 16.1. The molecule has 0 aromatic heterocycles. The molecule has 0 saturated heterocycles. The molecule has 0 aliphatic carbocycles. The van der Waals surface area contributed by atoms with Gasteiger partial charge >= 0.3 is 11.9 Å². The molecular formula is C18H34O8. The molecule has 0 aromatic rings. The second-order valence-corrected chi connectivity index (χ2v) is 5.68. The van der Waals surface area contributed by atoms with Gasteiger partial charge < -0.3 is 28.8 Å². The molecule has 0 bridgehead atoms. The van der Waals surface area contributed by atoms with Crippen LogP contribution in [0, 0.1) is 0 Å². The smallest absolute Gasteiger partial charge is 0.305 e. The van der Waals surface area contributed by atoms with Gasteiger partial charge in [-0.2, -0.15) is 0 Å². The first-order chi connectivity index (χ1) is 12.6. The quantitative estimate of drug-likeness (QED) is 0.208. The monoisotopic (exact) mass is 378 g/mol. The summed E-state index contributed by atoms with van der Waals surface area (Å²) in [6, 6.07) is 0. The van der Waals surface area contributed by atoms with Crippen LogP contribution in [0.3, 0.4) is 0 Å².